The van der Waals surface area contributed by atoms with E-state index in [1.165, 1.54) is 17.5 Å². The van der Waals surface area contributed by atoms with Crippen molar-refractivity contribution in [2.75, 3.05) is 54.9 Å². The molecule has 0 aromatic carbocycles. The molecule has 32 heavy (non-hydrogen) atoms. The van der Waals surface area contributed by atoms with Gasteiger partial charge < -0.3 is 20.6 Å². The van der Waals surface area contributed by atoms with Gasteiger partial charge in [-0.05, 0) is 25.5 Å². The average molecular weight is 455 g/mol. The molecular weight excluding hydrogens is 428 g/mol. The highest BCUT2D eigenvalue weighted by molar-refractivity contribution is 7.17. The number of nitrogens with one attached hydrogen (secondary N) is 2. The molecule has 0 bridgehead atoms. The van der Waals surface area contributed by atoms with Crippen molar-refractivity contribution in [2.45, 2.75) is 13.8 Å². The second kappa shape index (κ2) is 9.98. The molecule has 10 nitrogen and oxygen atoms in total. The summed E-state index contributed by atoms with van der Waals surface area (Å²) < 4.78 is 0. The molecule has 4 heterocycles. The Morgan fingerprint density at radius 3 is 2.75 bits per heavy atom. The van der Waals surface area contributed by atoms with Crippen LogP contribution in [0.3, 0.4) is 0 Å². The van der Waals surface area contributed by atoms with Gasteiger partial charge in [0.15, 0.2) is 5.13 Å². The van der Waals surface area contributed by atoms with E-state index < -0.39 is 0 Å². The van der Waals surface area contributed by atoms with Gasteiger partial charge in [0.05, 0.1) is 12.8 Å². The Bertz CT molecular complexity index is 1080. The van der Waals surface area contributed by atoms with Gasteiger partial charge in [-0.3, -0.25) is 9.69 Å². The molecule has 1 saturated heterocycles. The molecule has 0 atom stereocenters. The third-order valence-corrected chi connectivity index (χ3v) is 6.05. The maximum absolute atomic E-state index is 12.6. The molecule has 3 N–H and O–H groups in total. The molecule has 1 amide bonds. The van der Waals surface area contributed by atoms with Gasteiger partial charge in [0.1, 0.15) is 28.2 Å². The summed E-state index contributed by atoms with van der Waals surface area (Å²) in [6.45, 7) is 8.06. The van der Waals surface area contributed by atoms with Crippen LogP contribution in [-0.4, -0.2) is 75.2 Å². The minimum absolute atomic E-state index is 0.177. The summed E-state index contributed by atoms with van der Waals surface area (Å²) in [6.07, 6.45) is 3.18. The third kappa shape index (κ3) is 5.36. The largest absolute Gasteiger partial charge is 0.395 e. The SMILES string of the molecule is Cc1nc(Nc2ncc(C(=O)Nc3ncccc3C)s2)cc(N2CCN(CCO)CC2)n1. The van der Waals surface area contributed by atoms with E-state index in [1.807, 2.05) is 32.0 Å². The number of piperazine rings is 1. The summed E-state index contributed by atoms with van der Waals surface area (Å²) in [5.74, 6) is 2.42. The van der Waals surface area contributed by atoms with E-state index in [0.29, 0.717) is 34.0 Å². The van der Waals surface area contributed by atoms with Gasteiger partial charge in [0.2, 0.25) is 0 Å². The first-order valence-electron chi connectivity index (χ1n) is 10.4. The molecule has 0 radical (unpaired) electrons. The van der Waals surface area contributed by atoms with E-state index in [0.717, 1.165) is 37.6 Å². The lowest BCUT2D eigenvalue weighted by Crippen LogP contribution is -2.47. The smallest absolute Gasteiger partial charge is 0.268 e. The van der Waals surface area contributed by atoms with Gasteiger partial charge in [0.25, 0.3) is 5.91 Å². The second-order valence-corrected chi connectivity index (χ2v) is 8.52. The van der Waals surface area contributed by atoms with Crippen LogP contribution in [0.15, 0.2) is 30.6 Å². The lowest BCUT2D eigenvalue weighted by Gasteiger charge is -2.35. The van der Waals surface area contributed by atoms with Crippen molar-refractivity contribution >= 4 is 39.8 Å². The maximum Gasteiger partial charge on any atom is 0.268 e. The fourth-order valence-electron chi connectivity index (χ4n) is 3.45. The van der Waals surface area contributed by atoms with Crippen LogP contribution in [0.5, 0.6) is 0 Å². The first-order chi connectivity index (χ1) is 15.5. The molecule has 1 fully saturated rings. The van der Waals surface area contributed by atoms with Gasteiger partial charge >= 0.3 is 0 Å². The molecule has 1 aliphatic heterocycles. The first-order valence-corrected chi connectivity index (χ1v) is 11.2. The van der Waals surface area contributed by atoms with Gasteiger partial charge in [0, 0.05) is 45.0 Å². The summed E-state index contributed by atoms with van der Waals surface area (Å²) >= 11 is 1.25. The molecule has 0 saturated carbocycles. The van der Waals surface area contributed by atoms with E-state index >= 15 is 0 Å². The Kier molecular flexibility index (Phi) is 6.88. The van der Waals surface area contributed by atoms with E-state index in [1.54, 1.807) is 6.20 Å². The Hall–Kier alpha value is -3.15. The van der Waals surface area contributed by atoms with Crippen LogP contribution in [-0.2, 0) is 0 Å². The topological polar surface area (TPSA) is 119 Å². The number of nitrogens with zero attached hydrogens (tertiary/aromatic N) is 6. The zero-order chi connectivity index (χ0) is 22.5. The number of aromatic nitrogens is 4. The summed E-state index contributed by atoms with van der Waals surface area (Å²) in [4.78, 5) is 35.0. The number of carbonyl (C=O) groups excluding carboxylic acids is 1. The Balaban J connectivity index is 1.42. The van der Waals surface area contributed by atoms with Crippen molar-refractivity contribution in [3.8, 4) is 0 Å². The highest BCUT2D eigenvalue weighted by atomic mass is 32.1. The van der Waals surface area contributed by atoms with Crippen molar-refractivity contribution in [3.05, 3.63) is 46.9 Å². The number of aliphatic hydroxyl groups is 1. The van der Waals surface area contributed by atoms with Crippen molar-refractivity contribution < 1.29 is 9.90 Å². The van der Waals surface area contributed by atoms with E-state index in [-0.39, 0.29) is 12.5 Å². The zero-order valence-electron chi connectivity index (χ0n) is 18.1. The molecule has 3 aromatic rings. The molecular formula is C21H26N8O2S. The van der Waals surface area contributed by atoms with Crippen molar-refractivity contribution in [2.24, 2.45) is 0 Å². The summed E-state index contributed by atoms with van der Waals surface area (Å²) in [5.41, 5.74) is 0.893. The number of carbonyl (C=O) groups is 1. The van der Waals surface area contributed by atoms with Crippen molar-refractivity contribution in [1.29, 1.82) is 0 Å². The van der Waals surface area contributed by atoms with Crippen LogP contribution < -0.4 is 15.5 Å². The minimum atomic E-state index is -0.252. The number of rotatable bonds is 7. The number of β-amino-alcohol motifs (C(OH)–C–C–N with tert-alkyl or cyclic N) is 1. The normalized spacial score (nSPS) is 14.4. The fourth-order valence-corrected chi connectivity index (χ4v) is 4.17. The number of aryl methyl sites for hydroxylation is 2. The molecule has 0 unspecified atom stereocenters. The van der Waals surface area contributed by atoms with Crippen LogP contribution in [0.1, 0.15) is 21.1 Å². The standard InChI is InChI=1S/C21H26N8O2S/c1-14-4-3-5-22-19(14)27-20(31)16-13-23-21(32-16)26-17-12-18(25-15(2)24-17)29-8-6-28(7-9-29)10-11-30/h3-5,12-13,30H,6-11H2,1-2H3,(H,22,27,31)(H,23,24,25,26). The van der Waals surface area contributed by atoms with Gasteiger partial charge in [-0.15, -0.1) is 0 Å². The Morgan fingerprint density at radius 1 is 1.19 bits per heavy atom. The number of amides is 1. The number of aliphatic hydroxyl groups excluding tert-OH is 1. The molecule has 11 heteroatoms. The number of pyridine rings is 1. The predicted octanol–water partition coefficient (Wildman–Crippen LogP) is 2.06. The number of anilines is 4. The highest BCUT2D eigenvalue weighted by Gasteiger charge is 2.19. The maximum atomic E-state index is 12.6. The van der Waals surface area contributed by atoms with Crippen LogP contribution >= 0.6 is 11.3 Å². The Morgan fingerprint density at radius 2 is 2.00 bits per heavy atom. The summed E-state index contributed by atoms with van der Waals surface area (Å²) in [6, 6.07) is 5.61. The molecule has 3 aromatic heterocycles. The first kappa shape index (κ1) is 22.1. The average Bonchev–Trinajstić information content (AvgIpc) is 3.24. The lowest BCUT2D eigenvalue weighted by atomic mass is 10.3. The van der Waals surface area contributed by atoms with Gasteiger partial charge in [-0.2, -0.15) is 0 Å². The van der Waals surface area contributed by atoms with Crippen LogP contribution in [0, 0.1) is 13.8 Å². The second-order valence-electron chi connectivity index (χ2n) is 7.49. The molecule has 0 spiro atoms. The molecule has 1 aliphatic rings. The lowest BCUT2D eigenvalue weighted by molar-refractivity contribution is 0.103. The number of thiazole rings is 1. The van der Waals surface area contributed by atoms with Gasteiger partial charge in [-0.1, -0.05) is 17.4 Å². The molecule has 4 rings (SSSR count). The predicted molar refractivity (Wildman–Crippen MR) is 125 cm³/mol. The number of hydrogen-bond acceptors (Lipinski definition) is 10. The van der Waals surface area contributed by atoms with E-state index in [2.05, 4.69) is 40.4 Å². The number of hydrogen-bond donors (Lipinski definition) is 3. The van der Waals surface area contributed by atoms with Crippen LogP contribution in [0.2, 0.25) is 0 Å². The molecule has 168 valence electrons. The monoisotopic (exact) mass is 454 g/mol. The zero-order valence-corrected chi connectivity index (χ0v) is 18.9. The summed E-state index contributed by atoms with van der Waals surface area (Å²) in [7, 11) is 0. The van der Waals surface area contributed by atoms with Gasteiger partial charge in [-0.25, -0.2) is 19.9 Å². The third-order valence-electron chi connectivity index (χ3n) is 5.14. The molecule has 0 aliphatic carbocycles. The quantitative estimate of drug-likeness (QED) is 0.493. The Labute approximate surface area is 190 Å². The van der Waals surface area contributed by atoms with Crippen molar-refractivity contribution in [1.82, 2.24) is 24.8 Å². The van der Waals surface area contributed by atoms with E-state index in [9.17, 15) is 4.79 Å². The highest BCUT2D eigenvalue weighted by Crippen LogP contribution is 2.25. The van der Waals surface area contributed by atoms with Crippen LogP contribution in [0.25, 0.3) is 0 Å². The fraction of sp³-hybridized carbons (Fsp3) is 0.381. The van der Waals surface area contributed by atoms with Crippen molar-refractivity contribution in [3.63, 3.8) is 0 Å². The summed E-state index contributed by atoms with van der Waals surface area (Å²) in [5, 5.41) is 15.7. The van der Waals surface area contributed by atoms with E-state index in [4.69, 9.17) is 5.11 Å². The minimum Gasteiger partial charge on any atom is -0.395 e. The van der Waals surface area contributed by atoms with Crippen LogP contribution in [0.4, 0.5) is 22.6 Å².